The number of allylic oxidation sites excluding steroid dienone is 2. The molecule has 0 fully saturated rings. The first-order valence-electron chi connectivity index (χ1n) is 14.4. The van der Waals surface area contributed by atoms with Crippen molar-refractivity contribution in [3.63, 3.8) is 0 Å². The van der Waals surface area contributed by atoms with Gasteiger partial charge in [0.25, 0.3) is 0 Å². The molecule has 0 aromatic carbocycles. The average Bonchev–Trinajstić information content (AvgIpc) is 2.89. The molecule has 0 saturated carbocycles. The van der Waals surface area contributed by atoms with Crippen LogP contribution in [-0.4, -0.2) is 35.1 Å². The highest BCUT2D eigenvalue weighted by atomic mass is 16.5. The Morgan fingerprint density at radius 1 is 0.875 bits per heavy atom. The smallest absolute Gasteiger partial charge is 0.336 e. The van der Waals surface area contributed by atoms with Crippen molar-refractivity contribution in [2.45, 2.75) is 80.1 Å². The maximum absolute atomic E-state index is 13.5. The van der Waals surface area contributed by atoms with E-state index in [1.165, 1.54) is 0 Å². The van der Waals surface area contributed by atoms with Crippen LogP contribution in [0.1, 0.15) is 78.4 Å². The number of rotatable bonds is 13. The molecule has 7 heteroatoms. The summed E-state index contributed by atoms with van der Waals surface area (Å²) in [5.41, 5.74) is 4.85. The molecule has 0 radical (unpaired) electrons. The van der Waals surface area contributed by atoms with Gasteiger partial charge in [0.15, 0.2) is 0 Å². The van der Waals surface area contributed by atoms with Gasteiger partial charge in [-0.15, -0.1) is 0 Å². The molecule has 0 aliphatic carbocycles. The van der Waals surface area contributed by atoms with Crippen LogP contribution in [0.25, 0.3) is 0 Å². The van der Waals surface area contributed by atoms with E-state index in [2.05, 4.69) is 43.0 Å². The van der Waals surface area contributed by atoms with Gasteiger partial charge in [-0.3, -0.25) is 9.97 Å². The second-order valence-corrected chi connectivity index (χ2v) is 12.1. The van der Waals surface area contributed by atoms with Crippen molar-refractivity contribution in [3.05, 3.63) is 82.7 Å². The lowest BCUT2D eigenvalue weighted by atomic mass is 9.75. The number of nitrogens with one attached hydrogen (secondary N) is 1. The lowest BCUT2D eigenvalue weighted by Gasteiger charge is -2.33. The Labute approximate surface area is 239 Å². The number of aryl methyl sites for hydroxylation is 2. The van der Waals surface area contributed by atoms with Crippen LogP contribution < -0.4 is 5.32 Å². The summed E-state index contributed by atoms with van der Waals surface area (Å²) in [5.74, 6) is -0.863. The fraction of sp³-hybridized carbons (Fsp3) is 0.515. The molecule has 7 nitrogen and oxygen atoms in total. The zero-order chi connectivity index (χ0) is 29.1. The molecule has 3 heterocycles. The Kier molecular flexibility index (Phi) is 11.5. The molecule has 2 aromatic rings. The van der Waals surface area contributed by atoms with Gasteiger partial charge in [-0.05, 0) is 87.0 Å². The fourth-order valence-corrected chi connectivity index (χ4v) is 5.57. The van der Waals surface area contributed by atoms with Crippen LogP contribution in [0.5, 0.6) is 0 Å². The fourth-order valence-electron chi connectivity index (χ4n) is 5.57. The Balaban J connectivity index is 1.71. The Bertz CT molecular complexity index is 1100. The summed E-state index contributed by atoms with van der Waals surface area (Å²) in [4.78, 5) is 35.2. The van der Waals surface area contributed by atoms with Gasteiger partial charge in [0.1, 0.15) is 0 Å². The van der Waals surface area contributed by atoms with Crippen molar-refractivity contribution in [2.75, 3.05) is 13.2 Å². The number of pyridine rings is 2. The second-order valence-electron chi connectivity index (χ2n) is 12.1. The average molecular weight is 548 g/mol. The number of aromatic nitrogens is 2. The molecule has 2 aromatic heterocycles. The van der Waals surface area contributed by atoms with Crippen LogP contribution in [0.2, 0.25) is 0 Å². The van der Waals surface area contributed by atoms with Crippen molar-refractivity contribution in [1.82, 2.24) is 15.3 Å². The van der Waals surface area contributed by atoms with Gasteiger partial charge < -0.3 is 14.8 Å². The number of esters is 2. The summed E-state index contributed by atoms with van der Waals surface area (Å²) in [5, 5.41) is 3.27. The molecule has 1 N–H and O–H groups in total. The molecule has 0 amide bonds. The first-order chi connectivity index (χ1) is 19.0. The lowest BCUT2D eigenvalue weighted by molar-refractivity contribution is -0.140. The van der Waals surface area contributed by atoms with Crippen LogP contribution in [0.3, 0.4) is 0 Å². The summed E-state index contributed by atoms with van der Waals surface area (Å²) in [6.45, 7) is 13.2. The standard InChI is InChI=1S/C33H45N3O4/c1-23(20-33(4,5)6)19-28-29(31(37)39-17-9-13-26-11-7-15-34-21-26)24(2)36-25(3)30(28)32(38)40-18-10-14-27-12-8-16-35-22-27/h7-8,11-12,15-16,21-23,28,36H,9-10,13-14,17-20H2,1-6H3. The molecule has 0 spiro atoms. The zero-order valence-electron chi connectivity index (χ0n) is 25.0. The Hall–Kier alpha value is -3.48. The third kappa shape index (κ3) is 9.61. The van der Waals surface area contributed by atoms with Crippen LogP contribution in [0.4, 0.5) is 0 Å². The molecular weight excluding hydrogens is 502 g/mol. The van der Waals surface area contributed by atoms with Crippen LogP contribution in [0, 0.1) is 17.3 Å². The van der Waals surface area contributed by atoms with Gasteiger partial charge in [-0.2, -0.15) is 0 Å². The number of hydrogen-bond donors (Lipinski definition) is 1. The van der Waals surface area contributed by atoms with Gasteiger partial charge in [0, 0.05) is 42.1 Å². The van der Waals surface area contributed by atoms with Crippen LogP contribution in [-0.2, 0) is 31.9 Å². The molecule has 1 atom stereocenters. The SMILES string of the molecule is CC1=C(C(=O)OCCCc2cccnc2)C(CC(C)CC(C)(C)C)C(C(=O)OCCCc2cccnc2)=C(C)N1. The number of nitrogens with zero attached hydrogens (tertiary/aromatic N) is 2. The number of carbonyl (C=O) groups is 2. The van der Waals surface area contributed by atoms with E-state index < -0.39 is 5.92 Å². The van der Waals surface area contributed by atoms with Crippen molar-refractivity contribution in [1.29, 1.82) is 0 Å². The molecule has 40 heavy (non-hydrogen) atoms. The number of dihydropyridines is 1. The summed E-state index contributed by atoms with van der Waals surface area (Å²) in [7, 11) is 0. The van der Waals surface area contributed by atoms with Crippen LogP contribution in [0.15, 0.2) is 71.6 Å². The summed E-state index contributed by atoms with van der Waals surface area (Å²) < 4.78 is 11.5. The highest BCUT2D eigenvalue weighted by molar-refractivity contribution is 5.97. The predicted molar refractivity (Wildman–Crippen MR) is 157 cm³/mol. The van der Waals surface area contributed by atoms with E-state index >= 15 is 0 Å². The molecular formula is C33H45N3O4. The van der Waals surface area contributed by atoms with E-state index in [1.54, 1.807) is 12.4 Å². The first-order valence-corrected chi connectivity index (χ1v) is 14.4. The Morgan fingerprint density at radius 3 is 1.75 bits per heavy atom. The topological polar surface area (TPSA) is 90.4 Å². The van der Waals surface area contributed by atoms with Crippen molar-refractivity contribution < 1.29 is 19.1 Å². The monoisotopic (exact) mass is 547 g/mol. The molecule has 0 bridgehead atoms. The van der Waals surface area contributed by atoms with E-state index in [4.69, 9.17) is 9.47 Å². The highest BCUT2D eigenvalue weighted by Gasteiger charge is 2.38. The lowest BCUT2D eigenvalue weighted by Crippen LogP contribution is -2.35. The number of ether oxygens (including phenoxy) is 2. The molecule has 1 aliphatic rings. The first kappa shape index (κ1) is 31.1. The minimum atomic E-state index is -0.393. The summed E-state index contributed by atoms with van der Waals surface area (Å²) in [6, 6.07) is 7.84. The highest BCUT2D eigenvalue weighted by Crippen LogP contribution is 2.38. The van der Waals surface area contributed by atoms with Crippen molar-refractivity contribution in [3.8, 4) is 0 Å². The van der Waals surface area contributed by atoms with E-state index in [-0.39, 0.29) is 23.3 Å². The maximum Gasteiger partial charge on any atom is 0.336 e. The normalized spacial score (nSPS) is 15.1. The van der Waals surface area contributed by atoms with Crippen molar-refractivity contribution in [2.24, 2.45) is 17.3 Å². The van der Waals surface area contributed by atoms with Gasteiger partial charge >= 0.3 is 11.9 Å². The Morgan fingerprint density at radius 2 is 1.35 bits per heavy atom. The summed E-state index contributed by atoms with van der Waals surface area (Å²) >= 11 is 0. The van der Waals surface area contributed by atoms with Crippen molar-refractivity contribution >= 4 is 11.9 Å². The number of carbonyl (C=O) groups excluding carboxylic acids is 2. The van der Waals surface area contributed by atoms with E-state index in [0.29, 0.717) is 43.6 Å². The van der Waals surface area contributed by atoms with Gasteiger partial charge in [-0.1, -0.05) is 39.8 Å². The molecule has 0 saturated heterocycles. The minimum absolute atomic E-state index is 0.129. The quantitative estimate of drug-likeness (QED) is 0.231. The van der Waals surface area contributed by atoms with Crippen LogP contribution >= 0.6 is 0 Å². The molecule has 1 aliphatic heterocycles. The zero-order valence-corrected chi connectivity index (χ0v) is 25.0. The maximum atomic E-state index is 13.5. The molecule has 3 rings (SSSR count). The van der Waals surface area contributed by atoms with E-state index in [1.807, 2.05) is 50.5 Å². The van der Waals surface area contributed by atoms with Gasteiger partial charge in [-0.25, -0.2) is 9.59 Å². The van der Waals surface area contributed by atoms with Gasteiger partial charge in [0.2, 0.25) is 0 Å². The van der Waals surface area contributed by atoms with Gasteiger partial charge in [0.05, 0.1) is 24.4 Å². The third-order valence-corrected chi connectivity index (χ3v) is 7.05. The van der Waals surface area contributed by atoms with E-state index in [0.717, 1.165) is 41.8 Å². The number of hydrogen-bond acceptors (Lipinski definition) is 7. The molecule has 1 unspecified atom stereocenters. The predicted octanol–water partition coefficient (Wildman–Crippen LogP) is 6.36. The van der Waals surface area contributed by atoms with E-state index in [9.17, 15) is 9.59 Å². The molecule has 216 valence electrons. The second kappa shape index (κ2) is 14.8. The minimum Gasteiger partial charge on any atom is -0.462 e. The largest absolute Gasteiger partial charge is 0.462 e. The summed E-state index contributed by atoms with van der Waals surface area (Å²) in [6.07, 6.45) is 11.7. The third-order valence-electron chi connectivity index (χ3n) is 7.05.